The number of methoxy groups -OCH3 is 1. The summed E-state index contributed by atoms with van der Waals surface area (Å²) in [7, 11) is 1.44. The van der Waals surface area contributed by atoms with E-state index in [0.29, 0.717) is 17.1 Å². The largest absolute Gasteiger partial charge is 0.495 e. The molecule has 0 aliphatic carbocycles. The Labute approximate surface area is 131 Å². The zero-order valence-electron chi connectivity index (χ0n) is 11.5. The molecule has 0 saturated carbocycles. The van der Waals surface area contributed by atoms with E-state index in [1.54, 1.807) is 6.07 Å². The predicted octanol–water partition coefficient (Wildman–Crippen LogP) is 3.55. The molecule has 0 aliphatic rings. The summed E-state index contributed by atoms with van der Waals surface area (Å²) in [6.45, 7) is 0. The van der Waals surface area contributed by atoms with Crippen molar-refractivity contribution in [1.82, 2.24) is 0 Å². The molecule has 114 valence electrons. The molecule has 0 saturated heterocycles. The normalized spacial score (nSPS) is 9.91. The Hall–Kier alpha value is -2.74. The van der Waals surface area contributed by atoms with Crippen LogP contribution in [0, 0.1) is 15.9 Å². The first-order valence-electron chi connectivity index (χ1n) is 6.15. The maximum Gasteiger partial charge on any atom is 0.271 e. The average Bonchev–Trinajstić information content (AvgIpc) is 2.47. The maximum atomic E-state index is 13.1. The van der Waals surface area contributed by atoms with Gasteiger partial charge in [0.2, 0.25) is 0 Å². The molecule has 8 heteroatoms. The highest BCUT2D eigenvalue weighted by Gasteiger charge is 2.12. The number of ether oxygens (including phenoxy) is 1. The molecule has 0 atom stereocenters. The lowest BCUT2D eigenvalue weighted by Gasteiger charge is -2.13. The topological polar surface area (TPSA) is 76.4 Å². The number of halogens is 1. The van der Waals surface area contributed by atoms with E-state index in [-0.39, 0.29) is 10.8 Å². The van der Waals surface area contributed by atoms with Crippen LogP contribution in [0.1, 0.15) is 0 Å². The fourth-order valence-electron chi connectivity index (χ4n) is 1.76. The Kier molecular flexibility index (Phi) is 4.84. The maximum absolute atomic E-state index is 13.1. The van der Waals surface area contributed by atoms with Gasteiger partial charge in [0, 0.05) is 17.8 Å². The number of nitrogens with zero attached hydrogens (tertiary/aromatic N) is 1. The van der Waals surface area contributed by atoms with Crippen LogP contribution < -0.4 is 15.4 Å². The number of anilines is 2. The summed E-state index contributed by atoms with van der Waals surface area (Å²) in [5.41, 5.74) is 0.698. The summed E-state index contributed by atoms with van der Waals surface area (Å²) < 4.78 is 18.2. The van der Waals surface area contributed by atoms with Crippen molar-refractivity contribution in [1.29, 1.82) is 0 Å². The number of nitrogens with one attached hydrogen (secondary N) is 2. The molecule has 0 unspecified atom stereocenters. The minimum Gasteiger partial charge on any atom is -0.495 e. The van der Waals surface area contributed by atoms with E-state index >= 15 is 0 Å². The first-order valence-corrected chi connectivity index (χ1v) is 6.56. The molecule has 0 aromatic heterocycles. The Bertz CT molecular complexity index is 724. The van der Waals surface area contributed by atoms with Gasteiger partial charge in [0.25, 0.3) is 5.69 Å². The Morgan fingerprint density at radius 2 is 2.05 bits per heavy atom. The van der Waals surface area contributed by atoms with Gasteiger partial charge >= 0.3 is 0 Å². The fourth-order valence-corrected chi connectivity index (χ4v) is 1.99. The van der Waals surface area contributed by atoms with Crippen LogP contribution in [-0.4, -0.2) is 17.1 Å². The van der Waals surface area contributed by atoms with Gasteiger partial charge in [-0.25, -0.2) is 4.39 Å². The molecule has 2 N–H and O–H groups in total. The van der Waals surface area contributed by atoms with E-state index in [2.05, 4.69) is 10.6 Å². The zero-order valence-corrected chi connectivity index (χ0v) is 12.3. The van der Waals surface area contributed by atoms with Crippen molar-refractivity contribution in [3.05, 3.63) is 58.4 Å². The van der Waals surface area contributed by atoms with Gasteiger partial charge in [-0.2, -0.15) is 0 Å². The molecular weight excluding hydrogens is 309 g/mol. The Morgan fingerprint density at radius 1 is 1.27 bits per heavy atom. The zero-order chi connectivity index (χ0) is 16.1. The standard InChI is InChI=1S/C14H12FN3O3S/c1-21-13-6-5-11(18(19)20)8-12(13)17-14(22)16-10-4-2-3-9(15)7-10/h2-8H,1H3,(H2,16,17,22). The van der Waals surface area contributed by atoms with Crippen LogP contribution in [0.25, 0.3) is 0 Å². The van der Waals surface area contributed by atoms with Gasteiger partial charge in [-0.3, -0.25) is 10.1 Å². The number of non-ortho nitro benzene ring substituents is 1. The van der Waals surface area contributed by atoms with Gasteiger partial charge in [-0.15, -0.1) is 0 Å². The molecule has 22 heavy (non-hydrogen) atoms. The smallest absolute Gasteiger partial charge is 0.271 e. The summed E-state index contributed by atoms with van der Waals surface area (Å²) in [5, 5.41) is 16.5. The van der Waals surface area contributed by atoms with Gasteiger partial charge in [-0.1, -0.05) is 6.07 Å². The number of hydrogen-bond acceptors (Lipinski definition) is 4. The molecule has 2 aromatic rings. The van der Waals surface area contributed by atoms with Crippen molar-refractivity contribution in [3.63, 3.8) is 0 Å². The number of thiocarbonyl (C=S) groups is 1. The van der Waals surface area contributed by atoms with Crippen LogP contribution in [0.4, 0.5) is 21.5 Å². The highest BCUT2D eigenvalue weighted by Crippen LogP contribution is 2.29. The molecule has 2 aromatic carbocycles. The second kappa shape index (κ2) is 6.81. The van der Waals surface area contributed by atoms with Crippen molar-refractivity contribution >= 4 is 34.4 Å². The van der Waals surface area contributed by atoms with E-state index in [1.165, 1.54) is 43.5 Å². The van der Waals surface area contributed by atoms with Crippen molar-refractivity contribution in [2.75, 3.05) is 17.7 Å². The lowest BCUT2D eigenvalue weighted by Crippen LogP contribution is -2.19. The van der Waals surface area contributed by atoms with Crippen LogP contribution >= 0.6 is 12.2 Å². The van der Waals surface area contributed by atoms with Gasteiger partial charge in [0.15, 0.2) is 5.11 Å². The van der Waals surface area contributed by atoms with E-state index in [1.807, 2.05) is 0 Å². The Morgan fingerprint density at radius 3 is 2.68 bits per heavy atom. The summed E-state index contributed by atoms with van der Waals surface area (Å²) in [5.74, 6) is -0.00489. The highest BCUT2D eigenvalue weighted by atomic mass is 32.1. The van der Waals surface area contributed by atoms with Gasteiger partial charge in [-0.05, 0) is 36.5 Å². The summed E-state index contributed by atoms with van der Waals surface area (Å²) >= 11 is 5.11. The van der Waals surface area contributed by atoms with Crippen molar-refractivity contribution < 1.29 is 14.1 Å². The molecule has 0 radical (unpaired) electrons. The molecule has 2 rings (SSSR count). The monoisotopic (exact) mass is 321 g/mol. The third-order valence-corrected chi connectivity index (χ3v) is 2.93. The van der Waals surface area contributed by atoms with Crippen molar-refractivity contribution in [2.24, 2.45) is 0 Å². The lowest BCUT2D eigenvalue weighted by molar-refractivity contribution is -0.384. The van der Waals surface area contributed by atoms with Crippen LogP contribution in [-0.2, 0) is 0 Å². The molecule has 0 amide bonds. The van der Waals surface area contributed by atoms with Crippen LogP contribution in [0.2, 0.25) is 0 Å². The SMILES string of the molecule is COc1ccc([N+](=O)[O-])cc1NC(=S)Nc1cccc(F)c1. The van der Waals surface area contributed by atoms with E-state index in [0.717, 1.165) is 0 Å². The molecule has 0 spiro atoms. The number of nitro benzene ring substituents is 1. The average molecular weight is 321 g/mol. The van der Waals surface area contributed by atoms with Crippen molar-refractivity contribution in [2.45, 2.75) is 0 Å². The highest BCUT2D eigenvalue weighted by molar-refractivity contribution is 7.80. The quantitative estimate of drug-likeness (QED) is 0.509. The summed E-state index contributed by atoms with van der Waals surface area (Å²) in [6, 6.07) is 9.86. The van der Waals surface area contributed by atoms with E-state index in [4.69, 9.17) is 17.0 Å². The van der Waals surface area contributed by atoms with Gasteiger partial charge in [0.1, 0.15) is 11.6 Å². The molecule has 0 aliphatic heterocycles. The molecular formula is C14H12FN3O3S. The minimum absolute atomic E-state index is 0.100. The molecule has 0 heterocycles. The van der Waals surface area contributed by atoms with Gasteiger partial charge < -0.3 is 15.4 Å². The van der Waals surface area contributed by atoms with Crippen LogP contribution in [0.15, 0.2) is 42.5 Å². The van der Waals surface area contributed by atoms with Crippen molar-refractivity contribution in [3.8, 4) is 5.75 Å². The number of nitro groups is 1. The van der Waals surface area contributed by atoms with E-state index in [9.17, 15) is 14.5 Å². The fraction of sp³-hybridized carbons (Fsp3) is 0.0714. The summed E-state index contributed by atoms with van der Waals surface area (Å²) in [6.07, 6.45) is 0. The second-order valence-corrected chi connectivity index (χ2v) is 4.64. The minimum atomic E-state index is -0.520. The van der Waals surface area contributed by atoms with E-state index < -0.39 is 10.7 Å². The molecule has 0 bridgehead atoms. The number of benzene rings is 2. The molecule has 6 nitrogen and oxygen atoms in total. The second-order valence-electron chi connectivity index (χ2n) is 4.23. The van der Waals surface area contributed by atoms with Crippen LogP contribution in [0.3, 0.4) is 0 Å². The number of hydrogen-bond donors (Lipinski definition) is 2. The third kappa shape index (κ3) is 3.89. The third-order valence-electron chi connectivity index (χ3n) is 2.72. The predicted molar refractivity (Wildman–Crippen MR) is 85.9 cm³/mol. The lowest BCUT2D eigenvalue weighted by atomic mass is 10.2. The van der Waals surface area contributed by atoms with Gasteiger partial charge in [0.05, 0.1) is 17.7 Å². The van der Waals surface area contributed by atoms with Crippen LogP contribution in [0.5, 0.6) is 5.75 Å². The number of rotatable bonds is 4. The molecule has 0 fully saturated rings. The first kappa shape index (κ1) is 15.6. The Balaban J connectivity index is 2.16. The first-order chi connectivity index (χ1) is 10.5. The summed E-state index contributed by atoms with van der Waals surface area (Å²) in [4.78, 5) is 10.3.